The molecule has 0 aliphatic carbocycles. The van der Waals surface area contributed by atoms with Crippen LogP contribution in [-0.4, -0.2) is 29.4 Å². The molecule has 3 nitrogen and oxygen atoms in total. The van der Waals surface area contributed by atoms with E-state index in [4.69, 9.17) is 5.73 Å². The van der Waals surface area contributed by atoms with Gasteiger partial charge in [0.2, 0.25) is 5.91 Å². The highest BCUT2D eigenvalue weighted by atomic mass is 16.2. The van der Waals surface area contributed by atoms with Gasteiger partial charge in [-0.05, 0) is 45.6 Å². The van der Waals surface area contributed by atoms with Gasteiger partial charge < -0.3 is 10.6 Å². The molecule has 16 heavy (non-hydrogen) atoms. The molecule has 1 rings (SSSR count). The van der Waals surface area contributed by atoms with Crippen molar-refractivity contribution in [3.05, 3.63) is 0 Å². The quantitative estimate of drug-likeness (QED) is 0.798. The fraction of sp³-hybridized carbons (Fsp3) is 0.923. The van der Waals surface area contributed by atoms with Gasteiger partial charge in [-0.3, -0.25) is 4.79 Å². The summed E-state index contributed by atoms with van der Waals surface area (Å²) in [5.74, 6) is 0.658. The highest BCUT2D eigenvalue weighted by molar-refractivity contribution is 5.77. The summed E-state index contributed by atoms with van der Waals surface area (Å²) >= 11 is 0. The number of piperidine rings is 1. The molecule has 0 saturated carbocycles. The van der Waals surface area contributed by atoms with Crippen molar-refractivity contribution in [3.8, 4) is 0 Å². The summed E-state index contributed by atoms with van der Waals surface area (Å²) in [6.45, 7) is 7.06. The van der Waals surface area contributed by atoms with Crippen LogP contribution in [0.25, 0.3) is 0 Å². The van der Waals surface area contributed by atoms with Gasteiger partial charge >= 0.3 is 0 Å². The fourth-order valence-corrected chi connectivity index (χ4v) is 2.66. The Morgan fingerprint density at radius 1 is 1.38 bits per heavy atom. The minimum absolute atomic E-state index is 0.303. The fourth-order valence-electron chi connectivity index (χ4n) is 2.66. The molecule has 1 heterocycles. The summed E-state index contributed by atoms with van der Waals surface area (Å²) in [5.41, 5.74) is 5.66. The van der Waals surface area contributed by atoms with E-state index in [9.17, 15) is 4.79 Å². The van der Waals surface area contributed by atoms with E-state index in [1.807, 2.05) is 0 Å². The molecule has 0 radical (unpaired) electrons. The maximum absolute atomic E-state index is 12.2. The average molecular weight is 226 g/mol. The topological polar surface area (TPSA) is 46.3 Å². The van der Waals surface area contributed by atoms with Crippen molar-refractivity contribution in [1.29, 1.82) is 0 Å². The van der Waals surface area contributed by atoms with Crippen LogP contribution in [0.1, 0.15) is 52.9 Å². The third kappa shape index (κ3) is 3.21. The molecule has 2 N–H and O–H groups in total. The minimum Gasteiger partial charge on any atom is -0.337 e. The lowest BCUT2D eigenvalue weighted by Gasteiger charge is -2.39. The Labute approximate surface area is 99.4 Å². The molecule has 3 atom stereocenters. The van der Waals surface area contributed by atoms with Crippen LogP contribution in [0.3, 0.4) is 0 Å². The van der Waals surface area contributed by atoms with Gasteiger partial charge in [0.25, 0.3) is 0 Å². The molecule has 0 aromatic carbocycles. The molecule has 0 bridgehead atoms. The van der Waals surface area contributed by atoms with Crippen molar-refractivity contribution < 1.29 is 4.79 Å². The zero-order valence-corrected chi connectivity index (χ0v) is 10.9. The first kappa shape index (κ1) is 13.5. The van der Waals surface area contributed by atoms with Crippen molar-refractivity contribution in [2.24, 2.45) is 11.7 Å². The van der Waals surface area contributed by atoms with Gasteiger partial charge in [0.15, 0.2) is 0 Å². The molecule has 1 amide bonds. The van der Waals surface area contributed by atoms with E-state index in [-0.39, 0.29) is 0 Å². The molecule has 1 aliphatic heterocycles. The van der Waals surface area contributed by atoms with Gasteiger partial charge in [0.05, 0.1) is 0 Å². The number of hydrogen-bond acceptors (Lipinski definition) is 2. The summed E-state index contributed by atoms with van der Waals surface area (Å²) < 4.78 is 0. The number of nitrogens with two attached hydrogens (primary N) is 1. The summed E-state index contributed by atoms with van der Waals surface area (Å²) in [7, 11) is 0. The first-order valence-corrected chi connectivity index (χ1v) is 6.61. The SMILES string of the molecule is CCC(CN)CC(=O)N1C(C)CCCC1C. The third-order valence-corrected chi connectivity index (χ3v) is 3.86. The van der Waals surface area contributed by atoms with E-state index < -0.39 is 0 Å². The lowest BCUT2D eigenvalue weighted by atomic mass is 9.95. The van der Waals surface area contributed by atoms with Crippen LogP contribution in [0.2, 0.25) is 0 Å². The van der Waals surface area contributed by atoms with Crippen LogP contribution in [0.15, 0.2) is 0 Å². The predicted molar refractivity (Wildman–Crippen MR) is 67.1 cm³/mol. The number of rotatable bonds is 4. The zero-order chi connectivity index (χ0) is 12.1. The Balaban J connectivity index is 2.56. The maximum atomic E-state index is 12.2. The van der Waals surface area contributed by atoms with Crippen LogP contribution < -0.4 is 5.73 Å². The van der Waals surface area contributed by atoms with Crippen molar-refractivity contribution in [3.63, 3.8) is 0 Å². The highest BCUT2D eigenvalue weighted by Gasteiger charge is 2.29. The molecule has 0 aromatic heterocycles. The number of carbonyl (C=O) groups is 1. The number of amides is 1. The highest BCUT2D eigenvalue weighted by Crippen LogP contribution is 2.24. The monoisotopic (exact) mass is 226 g/mol. The van der Waals surface area contributed by atoms with Crippen LogP contribution in [0.5, 0.6) is 0 Å². The van der Waals surface area contributed by atoms with Gasteiger partial charge in [-0.25, -0.2) is 0 Å². The molecule has 1 saturated heterocycles. The molecule has 1 aliphatic rings. The van der Waals surface area contributed by atoms with E-state index in [1.165, 1.54) is 6.42 Å². The predicted octanol–water partition coefficient (Wildman–Crippen LogP) is 2.15. The molecular weight excluding hydrogens is 200 g/mol. The van der Waals surface area contributed by atoms with E-state index in [1.54, 1.807) is 0 Å². The van der Waals surface area contributed by atoms with Crippen molar-refractivity contribution in [2.45, 2.75) is 65.0 Å². The average Bonchev–Trinajstić information content (AvgIpc) is 2.25. The number of nitrogens with zero attached hydrogens (tertiary/aromatic N) is 1. The molecule has 1 fully saturated rings. The number of carbonyl (C=O) groups excluding carboxylic acids is 1. The van der Waals surface area contributed by atoms with Gasteiger partial charge in [0, 0.05) is 18.5 Å². The van der Waals surface area contributed by atoms with E-state index in [0.29, 0.717) is 36.9 Å². The minimum atomic E-state index is 0.303. The van der Waals surface area contributed by atoms with Gasteiger partial charge in [-0.2, -0.15) is 0 Å². The first-order chi connectivity index (χ1) is 7.60. The largest absolute Gasteiger partial charge is 0.337 e. The van der Waals surface area contributed by atoms with Crippen molar-refractivity contribution >= 4 is 5.91 Å². The molecule has 94 valence electrons. The lowest BCUT2D eigenvalue weighted by Crippen LogP contribution is -2.48. The second-order valence-corrected chi connectivity index (χ2v) is 5.14. The second kappa shape index (κ2) is 6.24. The lowest BCUT2D eigenvalue weighted by molar-refractivity contribution is -0.138. The van der Waals surface area contributed by atoms with Crippen LogP contribution >= 0.6 is 0 Å². The van der Waals surface area contributed by atoms with Crippen molar-refractivity contribution in [1.82, 2.24) is 4.90 Å². The Morgan fingerprint density at radius 3 is 2.38 bits per heavy atom. The summed E-state index contributed by atoms with van der Waals surface area (Å²) in [4.78, 5) is 14.3. The van der Waals surface area contributed by atoms with Gasteiger partial charge in [-0.15, -0.1) is 0 Å². The van der Waals surface area contributed by atoms with E-state index >= 15 is 0 Å². The number of hydrogen-bond donors (Lipinski definition) is 1. The van der Waals surface area contributed by atoms with Gasteiger partial charge in [-0.1, -0.05) is 13.3 Å². The van der Waals surface area contributed by atoms with Crippen molar-refractivity contribution in [2.75, 3.05) is 6.54 Å². The van der Waals surface area contributed by atoms with Crippen LogP contribution in [0.4, 0.5) is 0 Å². The van der Waals surface area contributed by atoms with Crippen LogP contribution in [0, 0.1) is 5.92 Å². The zero-order valence-electron chi connectivity index (χ0n) is 10.9. The summed E-state index contributed by atoms with van der Waals surface area (Å²) in [5, 5.41) is 0. The Morgan fingerprint density at radius 2 is 1.94 bits per heavy atom. The molecular formula is C13H26N2O. The maximum Gasteiger partial charge on any atom is 0.223 e. The normalized spacial score (nSPS) is 27.9. The Hall–Kier alpha value is -0.570. The summed E-state index contributed by atoms with van der Waals surface area (Å²) in [6, 6.07) is 0.818. The van der Waals surface area contributed by atoms with E-state index in [0.717, 1.165) is 19.3 Å². The molecule has 3 heteroatoms. The Kier molecular flexibility index (Phi) is 5.26. The molecule has 0 spiro atoms. The smallest absolute Gasteiger partial charge is 0.223 e. The van der Waals surface area contributed by atoms with E-state index in [2.05, 4.69) is 25.7 Å². The number of likely N-dealkylation sites (tertiary alicyclic amines) is 1. The summed E-state index contributed by atoms with van der Waals surface area (Å²) in [6.07, 6.45) is 5.17. The molecule has 0 aromatic rings. The standard InChI is InChI=1S/C13H26N2O/c1-4-12(9-14)8-13(16)15-10(2)6-5-7-11(15)3/h10-12H,4-9,14H2,1-3H3. The first-order valence-electron chi connectivity index (χ1n) is 6.61. The third-order valence-electron chi connectivity index (χ3n) is 3.86. The Bertz CT molecular complexity index is 216. The second-order valence-electron chi connectivity index (χ2n) is 5.14. The molecule has 3 unspecified atom stereocenters. The van der Waals surface area contributed by atoms with Gasteiger partial charge in [0.1, 0.15) is 0 Å². The van der Waals surface area contributed by atoms with Crippen LogP contribution in [-0.2, 0) is 4.79 Å².